The van der Waals surface area contributed by atoms with E-state index >= 15 is 0 Å². The lowest BCUT2D eigenvalue weighted by atomic mass is 9.98. The summed E-state index contributed by atoms with van der Waals surface area (Å²) in [5, 5.41) is 1.08. The second-order valence-corrected chi connectivity index (χ2v) is 8.46. The third-order valence-electron chi connectivity index (χ3n) is 4.93. The minimum absolute atomic E-state index is 0.0874. The fourth-order valence-corrected chi connectivity index (χ4v) is 3.52. The first-order valence-electron chi connectivity index (χ1n) is 10.1. The van der Waals surface area contributed by atoms with E-state index in [1.165, 1.54) is 0 Å². The van der Waals surface area contributed by atoms with Gasteiger partial charge in [-0.1, -0.05) is 40.7 Å². The molecule has 1 amide bonds. The molecule has 0 aliphatic heterocycles. The molecule has 0 radical (unpaired) electrons. The minimum Gasteiger partial charge on any atom is -0.464 e. The molecule has 1 aromatic carbocycles. The number of carbonyl (C=O) groups excluding carboxylic acids is 1. The number of furan rings is 1. The topological polar surface area (TPSA) is 62.1 Å². The summed E-state index contributed by atoms with van der Waals surface area (Å²) in [4.78, 5) is 23.0. The van der Waals surface area contributed by atoms with E-state index in [4.69, 9.17) is 4.42 Å². The van der Waals surface area contributed by atoms with Crippen LogP contribution in [0.25, 0.3) is 11.0 Å². The molecule has 28 heavy (non-hydrogen) atoms. The Labute approximate surface area is 167 Å². The normalized spacial score (nSPS) is 12.8. The van der Waals surface area contributed by atoms with Gasteiger partial charge in [-0.05, 0) is 36.1 Å². The Morgan fingerprint density at radius 1 is 1.18 bits per heavy atom. The molecule has 0 aliphatic carbocycles. The zero-order valence-corrected chi connectivity index (χ0v) is 17.5. The molecule has 1 N–H and O–H groups in total. The van der Waals surface area contributed by atoms with E-state index in [-0.39, 0.29) is 11.8 Å². The maximum atomic E-state index is 13.2. The molecular formula is C23H31N3O2. The SMILES string of the molecule is CC(C)CN(Cc1cnc(C(C)C)[nH]1)C(=O)[C@H](C)Cc1ccc2occc2c1. The van der Waals surface area contributed by atoms with Gasteiger partial charge in [-0.25, -0.2) is 4.98 Å². The molecule has 3 rings (SSSR count). The Kier molecular flexibility index (Phi) is 6.22. The van der Waals surface area contributed by atoms with Gasteiger partial charge < -0.3 is 14.3 Å². The quantitative estimate of drug-likeness (QED) is 0.587. The van der Waals surface area contributed by atoms with Crippen LogP contribution in [0.1, 0.15) is 57.6 Å². The molecule has 0 fully saturated rings. The van der Waals surface area contributed by atoms with Crippen molar-refractivity contribution in [3.8, 4) is 0 Å². The van der Waals surface area contributed by atoms with Gasteiger partial charge >= 0.3 is 0 Å². The summed E-state index contributed by atoms with van der Waals surface area (Å²) in [6.45, 7) is 11.8. The van der Waals surface area contributed by atoms with Crippen LogP contribution in [0.3, 0.4) is 0 Å². The molecule has 5 heteroatoms. The van der Waals surface area contributed by atoms with E-state index in [1.807, 2.05) is 36.2 Å². The van der Waals surface area contributed by atoms with Crippen LogP contribution in [0.5, 0.6) is 0 Å². The first-order valence-corrected chi connectivity index (χ1v) is 10.1. The summed E-state index contributed by atoms with van der Waals surface area (Å²) in [6, 6.07) is 8.10. The highest BCUT2D eigenvalue weighted by Crippen LogP contribution is 2.21. The van der Waals surface area contributed by atoms with E-state index in [0.717, 1.165) is 41.0 Å². The largest absolute Gasteiger partial charge is 0.464 e. The van der Waals surface area contributed by atoms with Crippen molar-refractivity contribution in [3.05, 3.63) is 53.8 Å². The maximum absolute atomic E-state index is 13.2. The van der Waals surface area contributed by atoms with Gasteiger partial charge in [0.1, 0.15) is 11.4 Å². The predicted octanol–water partition coefficient (Wildman–Crippen LogP) is 5.14. The van der Waals surface area contributed by atoms with E-state index in [9.17, 15) is 4.79 Å². The van der Waals surface area contributed by atoms with Gasteiger partial charge in [0.25, 0.3) is 0 Å². The van der Waals surface area contributed by atoms with Crippen LogP contribution < -0.4 is 0 Å². The first kappa shape index (κ1) is 20.2. The Morgan fingerprint density at radius 2 is 1.96 bits per heavy atom. The number of aromatic nitrogens is 2. The number of H-pyrrole nitrogens is 1. The fraction of sp³-hybridized carbons (Fsp3) is 0.478. The monoisotopic (exact) mass is 381 g/mol. The number of imidazole rings is 1. The van der Waals surface area contributed by atoms with Crippen molar-refractivity contribution in [2.45, 2.75) is 53.5 Å². The summed E-state index contributed by atoms with van der Waals surface area (Å²) in [6.07, 6.45) is 4.27. The zero-order chi connectivity index (χ0) is 20.3. The zero-order valence-electron chi connectivity index (χ0n) is 17.5. The summed E-state index contributed by atoms with van der Waals surface area (Å²) in [5.41, 5.74) is 3.02. The van der Waals surface area contributed by atoms with Crippen molar-refractivity contribution in [1.82, 2.24) is 14.9 Å². The third kappa shape index (κ3) is 4.83. The summed E-state index contributed by atoms with van der Waals surface area (Å²) in [5.74, 6) is 1.82. The van der Waals surface area contributed by atoms with Crippen molar-refractivity contribution in [3.63, 3.8) is 0 Å². The molecule has 2 heterocycles. The molecule has 150 valence electrons. The second-order valence-electron chi connectivity index (χ2n) is 8.46. The average molecular weight is 382 g/mol. The number of carbonyl (C=O) groups is 1. The number of benzene rings is 1. The van der Waals surface area contributed by atoms with Crippen LogP contribution in [0.4, 0.5) is 0 Å². The first-order chi connectivity index (χ1) is 13.3. The van der Waals surface area contributed by atoms with Gasteiger partial charge in [0.05, 0.1) is 24.7 Å². The van der Waals surface area contributed by atoms with Gasteiger partial charge in [-0.3, -0.25) is 4.79 Å². The van der Waals surface area contributed by atoms with Crippen LogP contribution >= 0.6 is 0 Å². The van der Waals surface area contributed by atoms with Crippen molar-refractivity contribution < 1.29 is 9.21 Å². The highest BCUT2D eigenvalue weighted by Gasteiger charge is 2.23. The number of rotatable bonds is 8. The van der Waals surface area contributed by atoms with Crippen molar-refractivity contribution in [2.75, 3.05) is 6.54 Å². The average Bonchev–Trinajstić information content (AvgIpc) is 3.28. The molecule has 0 saturated heterocycles. The van der Waals surface area contributed by atoms with Gasteiger partial charge in [0.15, 0.2) is 0 Å². The summed E-state index contributed by atoms with van der Waals surface area (Å²) in [7, 11) is 0. The molecule has 5 nitrogen and oxygen atoms in total. The number of amides is 1. The molecule has 2 aromatic heterocycles. The van der Waals surface area contributed by atoms with Gasteiger partial charge in [0.2, 0.25) is 5.91 Å². The van der Waals surface area contributed by atoms with Gasteiger partial charge in [-0.2, -0.15) is 0 Å². The molecule has 3 aromatic rings. The predicted molar refractivity (Wildman–Crippen MR) is 112 cm³/mol. The molecular weight excluding hydrogens is 350 g/mol. The smallest absolute Gasteiger partial charge is 0.226 e. The van der Waals surface area contributed by atoms with Crippen molar-refractivity contribution >= 4 is 16.9 Å². The number of hydrogen-bond donors (Lipinski definition) is 1. The fourth-order valence-electron chi connectivity index (χ4n) is 3.52. The number of nitrogens with zero attached hydrogens (tertiary/aromatic N) is 2. The van der Waals surface area contributed by atoms with E-state index in [2.05, 4.69) is 43.7 Å². The lowest BCUT2D eigenvalue weighted by molar-refractivity contribution is -0.136. The Morgan fingerprint density at radius 3 is 2.64 bits per heavy atom. The highest BCUT2D eigenvalue weighted by atomic mass is 16.3. The van der Waals surface area contributed by atoms with Gasteiger partial charge in [-0.15, -0.1) is 0 Å². The van der Waals surface area contributed by atoms with E-state index in [0.29, 0.717) is 18.4 Å². The Bertz CT molecular complexity index is 923. The van der Waals surface area contributed by atoms with Crippen molar-refractivity contribution in [2.24, 2.45) is 11.8 Å². The summed E-state index contributed by atoms with van der Waals surface area (Å²) < 4.78 is 5.41. The van der Waals surface area contributed by atoms with Crippen LogP contribution in [0.15, 0.2) is 41.1 Å². The van der Waals surface area contributed by atoms with E-state index < -0.39 is 0 Å². The van der Waals surface area contributed by atoms with E-state index in [1.54, 1.807) is 6.26 Å². The number of nitrogens with one attached hydrogen (secondary N) is 1. The second kappa shape index (κ2) is 8.63. The lowest BCUT2D eigenvalue weighted by Crippen LogP contribution is -2.38. The minimum atomic E-state index is -0.0874. The molecule has 1 atom stereocenters. The third-order valence-corrected chi connectivity index (χ3v) is 4.93. The molecule has 0 saturated carbocycles. The summed E-state index contributed by atoms with van der Waals surface area (Å²) >= 11 is 0. The Hall–Kier alpha value is -2.56. The highest BCUT2D eigenvalue weighted by molar-refractivity contribution is 5.80. The number of aromatic amines is 1. The molecule has 0 spiro atoms. The molecule has 0 unspecified atom stereocenters. The molecule has 0 aliphatic rings. The maximum Gasteiger partial charge on any atom is 0.226 e. The standard InChI is InChI=1S/C23H31N3O2/c1-15(2)13-26(14-20-12-24-22(25-20)16(3)4)23(27)17(5)10-18-6-7-21-19(11-18)8-9-28-21/h6-9,11-12,15-17H,10,13-14H2,1-5H3,(H,24,25)/t17-/m1/s1. The lowest BCUT2D eigenvalue weighted by Gasteiger charge is -2.27. The van der Waals surface area contributed by atoms with Crippen LogP contribution in [0.2, 0.25) is 0 Å². The van der Waals surface area contributed by atoms with Crippen molar-refractivity contribution in [1.29, 1.82) is 0 Å². The number of hydrogen-bond acceptors (Lipinski definition) is 3. The van der Waals surface area contributed by atoms with Crippen LogP contribution in [-0.4, -0.2) is 27.3 Å². The number of fused-ring (bicyclic) bond motifs is 1. The Balaban J connectivity index is 1.71. The van der Waals surface area contributed by atoms with Crippen LogP contribution in [0, 0.1) is 11.8 Å². The van der Waals surface area contributed by atoms with Crippen LogP contribution in [-0.2, 0) is 17.8 Å². The molecule has 0 bridgehead atoms. The van der Waals surface area contributed by atoms with Gasteiger partial charge in [0, 0.05) is 23.8 Å².